The van der Waals surface area contributed by atoms with Gasteiger partial charge in [0.05, 0.1) is 32.5 Å². The monoisotopic (exact) mass is 430 g/mol. The molecule has 3 amide bonds. The molecule has 174 valence electrons. The first-order valence-corrected chi connectivity index (χ1v) is 10.4. The SMILES string of the molecule is CC(NC(=O)CCOCCOCCN)C(=O)NCCCC(=O)N(C)C(C=O)C(C)C. The van der Waals surface area contributed by atoms with E-state index in [4.69, 9.17) is 15.2 Å². The molecular formula is C20H38N4O6. The van der Waals surface area contributed by atoms with Crippen LogP contribution in [0.15, 0.2) is 0 Å². The molecule has 30 heavy (non-hydrogen) atoms. The van der Waals surface area contributed by atoms with Crippen molar-refractivity contribution >= 4 is 24.0 Å². The highest BCUT2D eigenvalue weighted by Crippen LogP contribution is 2.08. The van der Waals surface area contributed by atoms with Crippen LogP contribution < -0.4 is 16.4 Å². The van der Waals surface area contributed by atoms with Gasteiger partial charge in [0.25, 0.3) is 0 Å². The first-order chi connectivity index (χ1) is 14.2. The smallest absolute Gasteiger partial charge is 0.242 e. The molecule has 10 nitrogen and oxygen atoms in total. The fourth-order valence-corrected chi connectivity index (χ4v) is 2.59. The number of likely N-dealkylation sites (N-methyl/N-ethyl adjacent to an activating group) is 1. The zero-order chi connectivity index (χ0) is 22.9. The van der Waals surface area contributed by atoms with Gasteiger partial charge in [0.15, 0.2) is 0 Å². The number of carbonyl (C=O) groups excluding carboxylic acids is 4. The van der Waals surface area contributed by atoms with E-state index in [0.29, 0.717) is 39.3 Å². The molecule has 0 radical (unpaired) electrons. The molecule has 2 atom stereocenters. The molecule has 0 saturated heterocycles. The molecule has 0 rings (SSSR count). The lowest BCUT2D eigenvalue weighted by atomic mass is 10.0. The third kappa shape index (κ3) is 12.5. The lowest BCUT2D eigenvalue weighted by Crippen LogP contribution is -2.45. The van der Waals surface area contributed by atoms with Crippen LogP contribution >= 0.6 is 0 Å². The van der Waals surface area contributed by atoms with Crippen molar-refractivity contribution in [2.24, 2.45) is 11.7 Å². The molecule has 0 heterocycles. The highest BCUT2D eigenvalue weighted by atomic mass is 16.5. The van der Waals surface area contributed by atoms with Gasteiger partial charge in [0.1, 0.15) is 12.3 Å². The molecule has 0 saturated carbocycles. The molecular weight excluding hydrogens is 392 g/mol. The maximum absolute atomic E-state index is 12.1. The largest absolute Gasteiger partial charge is 0.379 e. The Morgan fingerprint density at radius 2 is 1.67 bits per heavy atom. The molecule has 0 bridgehead atoms. The van der Waals surface area contributed by atoms with Crippen LogP contribution in [0.2, 0.25) is 0 Å². The quantitative estimate of drug-likeness (QED) is 0.208. The van der Waals surface area contributed by atoms with Crippen LogP contribution in [0.25, 0.3) is 0 Å². The van der Waals surface area contributed by atoms with Crippen molar-refractivity contribution in [3.8, 4) is 0 Å². The number of hydrogen-bond donors (Lipinski definition) is 3. The lowest BCUT2D eigenvalue weighted by molar-refractivity contribution is -0.136. The maximum atomic E-state index is 12.1. The third-order valence-electron chi connectivity index (χ3n) is 4.41. The summed E-state index contributed by atoms with van der Waals surface area (Å²) >= 11 is 0. The second-order valence-electron chi connectivity index (χ2n) is 7.32. The van der Waals surface area contributed by atoms with Crippen LogP contribution in [0.5, 0.6) is 0 Å². The first kappa shape index (κ1) is 28.0. The van der Waals surface area contributed by atoms with Crippen LogP contribution in [0.1, 0.15) is 40.0 Å². The van der Waals surface area contributed by atoms with Gasteiger partial charge in [-0.15, -0.1) is 0 Å². The van der Waals surface area contributed by atoms with E-state index < -0.39 is 12.1 Å². The van der Waals surface area contributed by atoms with Crippen molar-refractivity contribution in [2.45, 2.75) is 52.1 Å². The second kappa shape index (κ2) is 16.7. The standard InChI is InChI=1S/C20H38N4O6/c1-15(2)17(14-25)24(4)19(27)6-5-9-22-20(28)16(3)23-18(26)7-10-29-12-13-30-11-8-21/h14-17H,5-13,21H2,1-4H3,(H,22,28)(H,23,26). The van der Waals surface area contributed by atoms with Crippen molar-refractivity contribution in [2.75, 3.05) is 46.6 Å². The summed E-state index contributed by atoms with van der Waals surface area (Å²) in [5.41, 5.74) is 5.29. The van der Waals surface area contributed by atoms with E-state index in [1.54, 1.807) is 14.0 Å². The minimum atomic E-state index is -0.691. The Morgan fingerprint density at radius 1 is 1.03 bits per heavy atom. The van der Waals surface area contributed by atoms with Gasteiger partial charge in [-0.1, -0.05) is 13.8 Å². The van der Waals surface area contributed by atoms with Crippen LogP contribution in [0, 0.1) is 5.92 Å². The normalized spacial score (nSPS) is 12.9. The number of nitrogens with two attached hydrogens (primary N) is 1. The molecule has 0 spiro atoms. The molecule has 4 N–H and O–H groups in total. The Labute approximate surface area is 179 Å². The van der Waals surface area contributed by atoms with E-state index in [-0.39, 0.29) is 43.1 Å². The number of amides is 3. The average molecular weight is 431 g/mol. The molecule has 0 aliphatic heterocycles. The zero-order valence-corrected chi connectivity index (χ0v) is 18.6. The topological polar surface area (TPSA) is 140 Å². The molecule has 0 fully saturated rings. The molecule has 0 aliphatic rings. The zero-order valence-electron chi connectivity index (χ0n) is 18.6. The molecule has 0 aromatic carbocycles. The summed E-state index contributed by atoms with van der Waals surface area (Å²) in [5, 5.41) is 5.29. The summed E-state index contributed by atoms with van der Waals surface area (Å²) in [5.74, 6) is -0.723. The number of aldehydes is 1. The van der Waals surface area contributed by atoms with E-state index >= 15 is 0 Å². The summed E-state index contributed by atoms with van der Waals surface area (Å²) < 4.78 is 10.4. The van der Waals surface area contributed by atoms with Gasteiger partial charge in [0, 0.05) is 33.0 Å². The first-order valence-electron chi connectivity index (χ1n) is 10.4. The van der Waals surface area contributed by atoms with Gasteiger partial charge < -0.3 is 35.5 Å². The Balaban J connectivity index is 3.96. The highest BCUT2D eigenvalue weighted by molar-refractivity contribution is 5.87. The van der Waals surface area contributed by atoms with Crippen LogP contribution in [0.3, 0.4) is 0 Å². The van der Waals surface area contributed by atoms with E-state index in [0.717, 1.165) is 6.29 Å². The molecule has 10 heteroatoms. The van der Waals surface area contributed by atoms with Crippen molar-refractivity contribution < 1.29 is 28.7 Å². The van der Waals surface area contributed by atoms with Crippen LogP contribution in [0.4, 0.5) is 0 Å². The van der Waals surface area contributed by atoms with Crippen LogP contribution in [-0.4, -0.2) is 87.6 Å². The van der Waals surface area contributed by atoms with Gasteiger partial charge in [-0.05, 0) is 19.3 Å². The summed E-state index contributed by atoms with van der Waals surface area (Å²) in [4.78, 5) is 48.6. The Bertz CT molecular complexity index is 529. The van der Waals surface area contributed by atoms with Gasteiger partial charge in [-0.3, -0.25) is 14.4 Å². The predicted octanol–water partition coefficient (Wildman–Crippen LogP) is -0.549. The number of nitrogens with zero attached hydrogens (tertiary/aromatic N) is 1. The molecule has 0 aromatic rings. The Morgan fingerprint density at radius 3 is 2.23 bits per heavy atom. The summed E-state index contributed by atoms with van der Waals surface area (Å²) in [6.07, 6.45) is 1.58. The second-order valence-corrected chi connectivity index (χ2v) is 7.32. The number of hydrogen-bond acceptors (Lipinski definition) is 7. The maximum Gasteiger partial charge on any atom is 0.242 e. The van der Waals surface area contributed by atoms with E-state index in [1.165, 1.54) is 4.90 Å². The number of ether oxygens (including phenoxy) is 2. The number of carbonyl (C=O) groups is 4. The number of rotatable bonds is 17. The summed E-state index contributed by atoms with van der Waals surface area (Å²) in [6, 6.07) is -1.14. The fraction of sp³-hybridized carbons (Fsp3) is 0.800. The van der Waals surface area contributed by atoms with Gasteiger partial charge in [-0.25, -0.2) is 0 Å². The van der Waals surface area contributed by atoms with Crippen molar-refractivity contribution in [3.63, 3.8) is 0 Å². The predicted molar refractivity (Wildman–Crippen MR) is 113 cm³/mol. The summed E-state index contributed by atoms with van der Waals surface area (Å²) in [6.45, 7) is 7.60. The van der Waals surface area contributed by atoms with Gasteiger partial charge >= 0.3 is 0 Å². The Kier molecular flexibility index (Phi) is 15.6. The van der Waals surface area contributed by atoms with Crippen LogP contribution in [-0.2, 0) is 28.7 Å². The summed E-state index contributed by atoms with van der Waals surface area (Å²) in [7, 11) is 1.61. The van der Waals surface area contributed by atoms with E-state index in [1.807, 2.05) is 13.8 Å². The van der Waals surface area contributed by atoms with Gasteiger partial charge in [0.2, 0.25) is 17.7 Å². The van der Waals surface area contributed by atoms with Crippen molar-refractivity contribution in [1.29, 1.82) is 0 Å². The van der Waals surface area contributed by atoms with E-state index in [9.17, 15) is 19.2 Å². The lowest BCUT2D eigenvalue weighted by Gasteiger charge is -2.26. The van der Waals surface area contributed by atoms with Crippen molar-refractivity contribution in [3.05, 3.63) is 0 Å². The highest BCUT2D eigenvalue weighted by Gasteiger charge is 2.22. The minimum absolute atomic E-state index is 0.0375. The molecule has 0 aromatic heterocycles. The molecule has 0 aliphatic carbocycles. The third-order valence-corrected chi connectivity index (χ3v) is 4.41. The van der Waals surface area contributed by atoms with E-state index in [2.05, 4.69) is 10.6 Å². The van der Waals surface area contributed by atoms with Crippen molar-refractivity contribution in [1.82, 2.24) is 15.5 Å². The van der Waals surface area contributed by atoms with Gasteiger partial charge in [-0.2, -0.15) is 0 Å². The fourth-order valence-electron chi connectivity index (χ4n) is 2.59. The Hall–Kier alpha value is -2.04. The average Bonchev–Trinajstić information content (AvgIpc) is 2.70. The molecule has 2 unspecified atom stereocenters. The number of nitrogens with one attached hydrogen (secondary N) is 2. The minimum Gasteiger partial charge on any atom is -0.379 e.